The normalized spacial score (nSPS) is 13.9. The topological polar surface area (TPSA) is 94.8 Å². The van der Waals surface area contributed by atoms with Crippen molar-refractivity contribution in [2.45, 2.75) is 12.5 Å². The highest BCUT2D eigenvalue weighted by Crippen LogP contribution is 2.42. The van der Waals surface area contributed by atoms with Crippen LogP contribution in [0.25, 0.3) is 6.08 Å². The second kappa shape index (κ2) is 7.89. The van der Waals surface area contributed by atoms with Crippen molar-refractivity contribution in [2.75, 3.05) is 0 Å². The van der Waals surface area contributed by atoms with Crippen molar-refractivity contribution in [2.24, 2.45) is 0 Å². The Morgan fingerprint density at radius 2 is 1.50 bits per heavy atom. The number of halogens is 1. The molecule has 3 N–H and O–H groups in total. The number of phenolic OH excluding ortho intramolecular Hbond substituents is 2. The van der Waals surface area contributed by atoms with Gasteiger partial charge in [0.1, 0.15) is 11.5 Å². The molecule has 3 aromatic rings. The van der Waals surface area contributed by atoms with E-state index in [1.807, 2.05) is 30.3 Å². The van der Waals surface area contributed by atoms with E-state index in [1.54, 1.807) is 18.2 Å². The molecule has 0 fully saturated rings. The van der Waals surface area contributed by atoms with Crippen LogP contribution in [-0.4, -0.2) is 26.9 Å². The Morgan fingerprint density at radius 1 is 0.900 bits per heavy atom. The highest BCUT2D eigenvalue weighted by atomic mass is 79.9. The van der Waals surface area contributed by atoms with Crippen molar-refractivity contribution in [3.63, 3.8) is 0 Å². The van der Waals surface area contributed by atoms with Gasteiger partial charge < -0.3 is 15.3 Å². The van der Waals surface area contributed by atoms with E-state index in [4.69, 9.17) is 0 Å². The summed E-state index contributed by atoms with van der Waals surface area (Å²) in [6, 6.07) is 15.0. The van der Waals surface area contributed by atoms with Gasteiger partial charge in [-0.05, 0) is 30.2 Å². The summed E-state index contributed by atoms with van der Waals surface area (Å²) in [5.74, 6) is -2.03. The summed E-state index contributed by atoms with van der Waals surface area (Å²) in [4.78, 5) is 25.7. The Kier molecular flexibility index (Phi) is 5.28. The molecule has 0 bridgehead atoms. The molecule has 0 radical (unpaired) electrons. The molecule has 1 unspecified atom stereocenters. The number of rotatable bonds is 4. The molecular weight excluding hydrogens is 448 g/mol. The van der Waals surface area contributed by atoms with E-state index in [2.05, 4.69) is 15.9 Å². The molecule has 0 amide bonds. The van der Waals surface area contributed by atoms with E-state index in [0.717, 1.165) is 16.1 Å². The molecule has 1 atom stereocenters. The van der Waals surface area contributed by atoms with Gasteiger partial charge in [0.2, 0.25) is 0 Å². The number of hydrogen-bond acceptors (Lipinski definition) is 5. The van der Waals surface area contributed by atoms with Crippen LogP contribution < -0.4 is 0 Å². The molecular formula is C24H17BrO5. The maximum Gasteiger partial charge on any atom is 0.198 e. The molecule has 0 aromatic heterocycles. The first-order chi connectivity index (χ1) is 14.4. The smallest absolute Gasteiger partial charge is 0.198 e. The Morgan fingerprint density at radius 3 is 2.13 bits per heavy atom. The third kappa shape index (κ3) is 3.44. The second-order valence-corrected chi connectivity index (χ2v) is 7.91. The lowest BCUT2D eigenvalue weighted by atomic mass is 9.81. The summed E-state index contributed by atoms with van der Waals surface area (Å²) in [7, 11) is 0. The van der Waals surface area contributed by atoms with Gasteiger partial charge >= 0.3 is 0 Å². The van der Waals surface area contributed by atoms with Crippen molar-refractivity contribution in [3.8, 4) is 11.5 Å². The molecule has 0 heterocycles. The minimum absolute atomic E-state index is 0.00719. The molecule has 30 heavy (non-hydrogen) atoms. The fraction of sp³-hybridized carbons (Fsp3) is 0.0833. The van der Waals surface area contributed by atoms with Crippen LogP contribution in [0.3, 0.4) is 0 Å². The lowest BCUT2D eigenvalue weighted by Gasteiger charge is -2.22. The van der Waals surface area contributed by atoms with Crippen LogP contribution in [0.15, 0.2) is 65.1 Å². The number of ketones is 2. The van der Waals surface area contributed by atoms with Gasteiger partial charge in [-0.1, -0.05) is 64.5 Å². The van der Waals surface area contributed by atoms with E-state index in [0.29, 0.717) is 0 Å². The molecule has 3 aromatic carbocycles. The van der Waals surface area contributed by atoms with Gasteiger partial charge in [0.15, 0.2) is 11.6 Å². The quantitative estimate of drug-likeness (QED) is 0.378. The number of aliphatic hydroxyl groups excluding tert-OH is 1. The van der Waals surface area contributed by atoms with E-state index < -0.39 is 29.2 Å². The van der Waals surface area contributed by atoms with Crippen LogP contribution >= 0.6 is 15.9 Å². The summed E-state index contributed by atoms with van der Waals surface area (Å²) in [5, 5.41) is 31.7. The molecule has 4 rings (SSSR count). The Bertz CT molecular complexity index is 1190. The zero-order valence-corrected chi connectivity index (χ0v) is 17.3. The highest BCUT2D eigenvalue weighted by Gasteiger charge is 2.36. The minimum atomic E-state index is -1.17. The molecule has 6 heteroatoms. The molecule has 1 aliphatic carbocycles. The van der Waals surface area contributed by atoms with Gasteiger partial charge in [-0.15, -0.1) is 0 Å². The van der Waals surface area contributed by atoms with Crippen LogP contribution in [0.5, 0.6) is 11.5 Å². The minimum Gasteiger partial charge on any atom is -0.507 e. The number of carbonyl (C=O) groups is 2. The van der Waals surface area contributed by atoms with E-state index in [9.17, 15) is 24.9 Å². The van der Waals surface area contributed by atoms with Crippen molar-refractivity contribution in [1.82, 2.24) is 0 Å². The lowest BCUT2D eigenvalue weighted by molar-refractivity contribution is 0.0973. The highest BCUT2D eigenvalue weighted by molar-refractivity contribution is 9.10. The summed E-state index contributed by atoms with van der Waals surface area (Å²) in [6.07, 6.45) is 2.51. The predicted octanol–water partition coefficient (Wildman–Crippen LogP) is 4.77. The van der Waals surface area contributed by atoms with Crippen LogP contribution in [0.1, 0.15) is 55.5 Å². The fourth-order valence-corrected chi connectivity index (χ4v) is 3.83. The van der Waals surface area contributed by atoms with Crippen molar-refractivity contribution >= 4 is 33.6 Å². The predicted molar refractivity (Wildman–Crippen MR) is 116 cm³/mol. The number of fused-ring (bicyclic) bond motifs is 2. The summed E-state index contributed by atoms with van der Waals surface area (Å²) >= 11 is 3.36. The third-order valence-electron chi connectivity index (χ3n) is 5.08. The maximum atomic E-state index is 12.9. The van der Waals surface area contributed by atoms with Crippen LogP contribution in [0.2, 0.25) is 0 Å². The molecule has 1 aliphatic rings. The van der Waals surface area contributed by atoms with Gasteiger partial charge in [-0.2, -0.15) is 0 Å². The number of benzene rings is 3. The Hall–Kier alpha value is -3.22. The van der Waals surface area contributed by atoms with E-state index in [-0.39, 0.29) is 34.2 Å². The molecule has 0 saturated carbocycles. The molecule has 5 nitrogen and oxygen atoms in total. The first-order valence-electron chi connectivity index (χ1n) is 9.26. The van der Waals surface area contributed by atoms with Gasteiger partial charge in [0.05, 0.1) is 17.2 Å². The summed E-state index contributed by atoms with van der Waals surface area (Å²) in [6.45, 7) is 0. The van der Waals surface area contributed by atoms with Crippen LogP contribution in [-0.2, 0) is 0 Å². The number of aromatic hydroxyl groups is 2. The largest absolute Gasteiger partial charge is 0.507 e. The first kappa shape index (κ1) is 20.1. The number of hydrogen-bond donors (Lipinski definition) is 3. The zero-order chi connectivity index (χ0) is 21.4. The molecule has 0 spiro atoms. The standard InChI is InChI=1S/C24H17BrO5/c25-14-10-8-13(9-11-14)4-3-7-18(26)17-12-19(27)20-21(24(17)30)23(29)16-6-2-1-5-15(16)22(20)28/h1-6,8-12,18,26-27,30H,7H2/b4-3+. The van der Waals surface area contributed by atoms with Crippen molar-refractivity contribution in [1.29, 1.82) is 0 Å². The fourth-order valence-electron chi connectivity index (χ4n) is 3.57. The zero-order valence-electron chi connectivity index (χ0n) is 15.7. The SMILES string of the molecule is O=C1c2ccccc2C(=O)c2c(O)c(C(O)C/C=C/c3ccc(Br)cc3)cc(O)c21. The Balaban J connectivity index is 1.67. The molecule has 0 aliphatic heterocycles. The van der Waals surface area contributed by atoms with Gasteiger partial charge in [-0.25, -0.2) is 0 Å². The summed E-state index contributed by atoms with van der Waals surface area (Å²) in [5.41, 5.74) is 0.747. The van der Waals surface area contributed by atoms with E-state index >= 15 is 0 Å². The van der Waals surface area contributed by atoms with Crippen LogP contribution in [0, 0.1) is 0 Å². The lowest BCUT2D eigenvalue weighted by Crippen LogP contribution is -2.22. The molecule has 0 saturated heterocycles. The van der Waals surface area contributed by atoms with Crippen molar-refractivity contribution < 1.29 is 24.9 Å². The van der Waals surface area contributed by atoms with Gasteiger partial charge in [0.25, 0.3) is 0 Å². The van der Waals surface area contributed by atoms with E-state index in [1.165, 1.54) is 12.1 Å². The second-order valence-electron chi connectivity index (χ2n) is 6.99. The first-order valence-corrected chi connectivity index (χ1v) is 10.0. The van der Waals surface area contributed by atoms with Crippen LogP contribution in [0.4, 0.5) is 0 Å². The average molecular weight is 465 g/mol. The van der Waals surface area contributed by atoms with Crippen molar-refractivity contribution in [3.05, 3.63) is 98.5 Å². The van der Waals surface area contributed by atoms with Gasteiger partial charge in [-0.3, -0.25) is 9.59 Å². The average Bonchev–Trinajstić information content (AvgIpc) is 2.74. The maximum absolute atomic E-state index is 12.9. The monoisotopic (exact) mass is 464 g/mol. The number of carbonyl (C=O) groups excluding carboxylic acids is 2. The summed E-state index contributed by atoms with van der Waals surface area (Å²) < 4.78 is 0.954. The molecule has 150 valence electrons. The third-order valence-corrected chi connectivity index (χ3v) is 5.61. The van der Waals surface area contributed by atoms with Gasteiger partial charge in [0, 0.05) is 21.2 Å². The Labute approximate surface area is 181 Å². The number of aliphatic hydroxyl groups is 1. The number of phenols is 2.